The molecule has 2 N–H and O–H groups in total. The third-order valence-electron chi connectivity index (χ3n) is 3.53. The fourth-order valence-electron chi connectivity index (χ4n) is 2.15. The van der Waals surface area contributed by atoms with Crippen molar-refractivity contribution in [2.75, 3.05) is 26.8 Å². The van der Waals surface area contributed by atoms with E-state index in [1.165, 1.54) is 0 Å². The van der Waals surface area contributed by atoms with Crippen molar-refractivity contribution in [3.63, 3.8) is 0 Å². The second-order valence-corrected chi connectivity index (χ2v) is 5.36. The number of hydrogen-bond acceptors (Lipinski definition) is 4. The predicted molar refractivity (Wildman–Crippen MR) is 99.8 cm³/mol. The van der Waals surface area contributed by atoms with E-state index in [2.05, 4.69) is 17.2 Å². The maximum Gasteiger partial charge on any atom is 0.251 e. The molecule has 0 aliphatic rings. The van der Waals surface area contributed by atoms with Crippen LogP contribution >= 0.6 is 0 Å². The number of nitrogens with one attached hydrogen (secondary N) is 2. The minimum absolute atomic E-state index is 0.204. The van der Waals surface area contributed by atoms with Crippen LogP contribution < -0.4 is 20.1 Å². The van der Waals surface area contributed by atoms with Gasteiger partial charge in [-0.25, -0.2) is 0 Å². The molecule has 0 atom stereocenters. The molecule has 0 heterocycles. The standard InChI is InChI=1S/C20H22N2O4/c1-3-12-21-19(23)15-4-6-16(7-5-15)20(24)22-13-14-26-18-10-8-17(25-2)9-11-18/h3-11H,1,12-14H2,2H3,(H,21,23)(H,22,24). The molecule has 26 heavy (non-hydrogen) atoms. The third kappa shape index (κ3) is 5.66. The molecule has 6 heteroatoms. The molecule has 2 aromatic rings. The molecule has 0 saturated heterocycles. The predicted octanol–water partition coefficient (Wildman–Crippen LogP) is 2.42. The lowest BCUT2D eigenvalue weighted by Crippen LogP contribution is -2.28. The maximum absolute atomic E-state index is 12.1. The molecule has 2 amide bonds. The Balaban J connectivity index is 1.76. The molecule has 0 aliphatic carbocycles. The lowest BCUT2D eigenvalue weighted by molar-refractivity contribution is 0.0939. The van der Waals surface area contributed by atoms with E-state index in [1.807, 2.05) is 0 Å². The van der Waals surface area contributed by atoms with E-state index in [-0.39, 0.29) is 11.8 Å². The van der Waals surface area contributed by atoms with Crippen LogP contribution in [0, 0.1) is 0 Å². The highest BCUT2D eigenvalue weighted by Gasteiger charge is 2.08. The number of carbonyl (C=O) groups is 2. The van der Waals surface area contributed by atoms with E-state index in [1.54, 1.807) is 61.7 Å². The van der Waals surface area contributed by atoms with Crippen LogP contribution in [-0.2, 0) is 0 Å². The lowest BCUT2D eigenvalue weighted by Gasteiger charge is -2.09. The van der Waals surface area contributed by atoms with Crippen LogP contribution in [0.2, 0.25) is 0 Å². The summed E-state index contributed by atoms with van der Waals surface area (Å²) in [6.07, 6.45) is 1.60. The van der Waals surface area contributed by atoms with Crippen molar-refractivity contribution in [2.24, 2.45) is 0 Å². The van der Waals surface area contributed by atoms with E-state index >= 15 is 0 Å². The zero-order valence-electron chi connectivity index (χ0n) is 14.7. The molecule has 0 fully saturated rings. The van der Waals surface area contributed by atoms with Crippen molar-refractivity contribution < 1.29 is 19.1 Å². The van der Waals surface area contributed by atoms with Gasteiger partial charge in [0.05, 0.1) is 13.7 Å². The summed E-state index contributed by atoms with van der Waals surface area (Å²) >= 11 is 0. The van der Waals surface area contributed by atoms with Crippen LogP contribution in [0.1, 0.15) is 20.7 Å². The topological polar surface area (TPSA) is 76.7 Å². The summed E-state index contributed by atoms with van der Waals surface area (Å²) in [6, 6.07) is 13.7. The van der Waals surface area contributed by atoms with Crippen molar-refractivity contribution >= 4 is 11.8 Å². The Kier molecular flexibility index (Phi) is 7.24. The van der Waals surface area contributed by atoms with Crippen molar-refractivity contribution in [1.29, 1.82) is 0 Å². The smallest absolute Gasteiger partial charge is 0.251 e. The quantitative estimate of drug-likeness (QED) is 0.536. The number of rotatable bonds is 9. The van der Waals surface area contributed by atoms with Crippen molar-refractivity contribution in [3.8, 4) is 11.5 Å². The summed E-state index contributed by atoms with van der Waals surface area (Å²) < 4.78 is 10.6. The fourth-order valence-corrected chi connectivity index (χ4v) is 2.15. The molecule has 0 radical (unpaired) electrons. The van der Waals surface area contributed by atoms with Crippen LogP contribution in [0.3, 0.4) is 0 Å². The van der Waals surface area contributed by atoms with Crippen molar-refractivity contribution in [3.05, 3.63) is 72.3 Å². The molecular formula is C20H22N2O4. The zero-order valence-corrected chi connectivity index (χ0v) is 14.7. The first-order chi connectivity index (χ1) is 12.6. The molecule has 0 aromatic heterocycles. The van der Waals surface area contributed by atoms with Crippen LogP contribution in [0.5, 0.6) is 11.5 Å². The number of ether oxygens (including phenoxy) is 2. The number of methoxy groups -OCH3 is 1. The van der Waals surface area contributed by atoms with Crippen LogP contribution in [0.25, 0.3) is 0 Å². The van der Waals surface area contributed by atoms with E-state index in [0.717, 1.165) is 5.75 Å². The first-order valence-corrected chi connectivity index (χ1v) is 8.18. The van der Waals surface area contributed by atoms with Gasteiger partial charge in [0.1, 0.15) is 18.1 Å². The number of amides is 2. The van der Waals surface area contributed by atoms with Crippen LogP contribution in [0.15, 0.2) is 61.2 Å². The Morgan fingerprint density at radius 2 is 1.46 bits per heavy atom. The van der Waals surface area contributed by atoms with Gasteiger partial charge in [-0.05, 0) is 48.5 Å². The Hall–Kier alpha value is -3.28. The Morgan fingerprint density at radius 3 is 2.00 bits per heavy atom. The summed E-state index contributed by atoms with van der Waals surface area (Å²) in [5, 5.41) is 5.45. The molecule has 0 aliphatic heterocycles. The Bertz CT molecular complexity index is 739. The molecule has 2 aromatic carbocycles. The molecule has 2 rings (SSSR count). The van der Waals surface area contributed by atoms with Gasteiger partial charge in [0.15, 0.2) is 0 Å². The summed E-state index contributed by atoms with van der Waals surface area (Å²) in [6.45, 7) is 4.66. The van der Waals surface area contributed by atoms with E-state index in [9.17, 15) is 9.59 Å². The second kappa shape index (κ2) is 9.88. The highest BCUT2D eigenvalue weighted by molar-refractivity contribution is 5.97. The van der Waals surface area contributed by atoms with Gasteiger partial charge in [-0.15, -0.1) is 6.58 Å². The Morgan fingerprint density at radius 1 is 0.923 bits per heavy atom. The first-order valence-electron chi connectivity index (χ1n) is 8.18. The van der Waals surface area contributed by atoms with Gasteiger partial charge in [0.2, 0.25) is 0 Å². The highest BCUT2D eigenvalue weighted by atomic mass is 16.5. The zero-order chi connectivity index (χ0) is 18.8. The average Bonchev–Trinajstić information content (AvgIpc) is 2.69. The number of hydrogen-bond donors (Lipinski definition) is 2. The largest absolute Gasteiger partial charge is 0.497 e. The molecule has 136 valence electrons. The monoisotopic (exact) mass is 354 g/mol. The maximum atomic E-state index is 12.1. The molecule has 0 unspecified atom stereocenters. The van der Waals surface area contributed by atoms with E-state index in [4.69, 9.17) is 9.47 Å². The van der Waals surface area contributed by atoms with Crippen LogP contribution in [0.4, 0.5) is 0 Å². The van der Waals surface area contributed by atoms with Gasteiger partial charge < -0.3 is 20.1 Å². The van der Waals surface area contributed by atoms with Gasteiger partial charge in [-0.2, -0.15) is 0 Å². The van der Waals surface area contributed by atoms with E-state index < -0.39 is 0 Å². The van der Waals surface area contributed by atoms with Crippen LogP contribution in [-0.4, -0.2) is 38.6 Å². The average molecular weight is 354 g/mol. The Labute approximate surface area is 152 Å². The number of carbonyl (C=O) groups excluding carboxylic acids is 2. The SMILES string of the molecule is C=CCNC(=O)c1ccc(C(=O)NCCOc2ccc(OC)cc2)cc1. The fraction of sp³-hybridized carbons (Fsp3) is 0.200. The first kappa shape index (κ1) is 19.1. The highest BCUT2D eigenvalue weighted by Crippen LogP contribution is 2.16. The molecule has 0 bridgehead atoms. The minimum atomic E-state index is -0.221. The van der Waals surface area contributed by atoms with Crippen molar-refractivity contribution in [2.45, 2.75) is 0 Å². The second-order valence-electron chi connectivity index (χ2n) is 5.36. The summed E-state index contributed by atoms with van der Waals surface area (Å²) in [7, 11) is 1.60. The lowest BCUT2D eigenvalue weighted by atomic mass is 10.1. The molecule has 0 saturated carbocycles. The van der Waals surface area contributed by atoms with Gasteiger partial charge >= 0.3 is 0 Å². The summed E-state index contributed by atoms with van der Waals surface area (Å²) in [5.41, 5.74) is 0.973. The molecule has 0 spiro atoms. The molecular weight excluding hydrogens is 332 g/mol. The summed E-state index contributed by atoms with van der Waals surface area (Å²) in [5.74, 6) is 1.04. The van der Waals surface area contributed by atoms with Gasteiger partial charge in [-0.3, -0.25) is 9.59 Å². The van der Waals surface area contributed by atoms with Crippen molar-refractivity contribution in [1.82, 2.24) is 10.6 Å². The summed E-state index contributed by atoms with van der Waals surface area (Å²) in [4.78, 5) is 23.9. The van der Waals surface area contributed by atoms with Gasteiger partial charge in [0.25, 0.3) is 11.8 Å². The third-order valence-corrected chi connectivity index (χ3v) is 3.53. The van der Waals surface area contributed by atoms with Gasteiger partial charge in [-0.1, -0.05) is 6.08 Å². The minimum Gasteiger partial charge on any atom is -0.497 e. The molecule has 6 nitrogen and oxygen atoms in total. The normalized spacial score (nSPS) is 9.88. The van der Waals surface area contributed by atoms with E-state index in [0.29, 0.717) is 36.6 Å². The number of benzene rings is 2. The van der Waals surface area contributed by atoms with Gasteiger partial charge in [0, 0.05) is 17.7 Å².